The normalized spacial score (nSPS) is 27.2. The molecule has 0 aromatic rings. The summed E-state index contributed by atoms with van der Waals surface area (Å²) in [7, 11) is 0. The predicted molar refractivity (Wildman–Crippen MR) is 50.7 cm³/mol. The molecule has 0 spiro atoms. The van der Waals surface area contributed by atoms with Crippen LogP contribution in [0.1, 0.15) is 6.92 Å². The van der Waals surface area contributed by atoms with Gasteiger partial charge in [-0.25, -0.2) is 0 Å². The van der Waals surface area contributed by atoms with Crippen LogP contribution in [0.3, 0.4) is 0 Å². The lowest BCUT2D eigenvalue weighted by Crippen LogP contribution is -2.42. The van der Waals surface area contributed by atoms with Crippen LogP contribution in [0.5, 0.6) is 0 Å². The van der Waals surface area contributed by atoms with Crippen LogP contribution in [0.15, 0.2) is 0 Å². The molecule has 1 rings (SSSR count). The van der Waals surface area contributed by atoms with Gasteiger partial charge in [0.25, 0.3) is 0 Å². The molecule has 1 heterocycles. The lowest BCUT2D eigenvalue weighted by atomic mass is 10.0. The number of hydrogen-bond donors (Lipinski definition) is 2. The molecule has 1 aliphatic rings. The fourth-order valence-corrected chi connectivity index (χ4v) is 1.69. The van der Waals surface area contributed by atoms with Crippen molar-refractivity contribution in [1.29, 1.82) is 0 Å². The van der Waals surface area contributed by atoms with E-state index in [1.807, 2.05) is 6.92 Å². The Hall–Kier alpha value is -0.330. The summed E-state index contributed by atoms with van der Waals surface area (Å²) in [4.78, 5) is 0. The summed E-state index contributed by atoms with van der Waals surface area (Å²) < 4.78 is 40.8. The van der Waals surface area contributed by atoms with E-state index < -0.39 is 12.7 Å². The molecule has 1 fully saturated rings. The van der Waals surface area contributed by atoms with Gasteiger partial charge in [0.05, 0.1) is 19.8 Å². The Morgan fingerprint density at radius 1 is 1.33 bits per heavy atom. The van der Waals surface area contributed by atoms with E-state index >= 15 is 0 Å². The molecule has 2 unspecified atom stereocenters. The third-order valence-corrected chi connectivity index (χ3v) is 2.40. The lowest BCUT2D eigenvalue weighted by molar-refractivity contribution is -0.125. The van der Waals surface area contributed by atoms with Crippen LogP contribution >= 0.6 is 0 Å². The van der Waals surface area contributed by atoms with Crippen molar-refractivity contribution in [1.82, 2.24) is 10.6 Å². The van der Waals surface area contributed by atoms with Gasteiger partial charge in [-0.15, -0.1) is 0 Å². The SMILES string of the molecule is CCNC1COCC1CNCC(F)(F)F. The first-order valence-electron chi connectivity index (χ1n) is 5.11. The van der Waals surface area contributed by atoms with Gasteiger partial charge in [-0.05, 0) is 6.54 Å². The smallest absolute Gasteiger partial charge is 0.379 e. The van der Waals surface area contributed by atoms with Gasteiger partial charge in [-0.3, -0.25) is 0 Å². The summed E-state index contributed by atoms with van der Waals surface area (Å²) in [6.45, 7) is 3.32. The maximum absolute atomic E-state index is 11.9. The van der Waals surface area contributed by atoms with Crippen molar-refractivity contribution in [3.05, 3.63) is 0 Å². The van der Waals surface area contributed by atoms with E-state index in [0.29, 0.717) is 19.8 Å². The predicted octanol–water partition coefficient (Wildman–Crippen LogP) is 0.763. The molecule has 2 atom stereocenters. The second-order valence-electron chi connectivity index (χ2n) is 3.71. The Bertz CT molecular complexity index is 187. The number of halogens is 3. The summed E-state index contributed by atoms with van der Waals surface area (Å²) >= 11 is 0. The summed E-state index contributed by atoms with van der Waals surface area (Å²) in [5.74, 6) is 0.132. The summed E-state index contributed by atoms with van der Waals surface area (Å²) in [5.41, 5.74) is 0. The zero-order chi connectivity index (χ0) is 11.3. The Kier molecular flexibility index (Phi) is 4.82. The molecule has 0 saturated carbocycles. The summed E-state index contributed by atoms with van der Waals surface area (Å²) in [6, 6.07) is 0.177. The van der Waals surface area contributed by atoms with E-state index in [4.69, 9.17) is 4.74 Å². The fraction of sp³-hybridized carbons (Fsp3) is 1.00. The van der Waals surface area contributed by atoms with Crippen LogP contribution in [-0.2, 0) is 4.74 Å². The third-order valence-electron chi connectivity index (χ3n) is 2.40. The number of hydrogen-bond acceptors (Lipinski definition) is 3. The minimum absolute atomic E-state index is 0.132. The van der Waals surface area contributed by atoms with Crippen LogP contribution in [0.25, 0.3) is 0 Å². The van der Waals surface area contributed by atoms with Crippen molar-refractivity contribution in [2.45, 2.75) is 19.1 Å². The standard InChI is InChI=1S/C9H17F3N2O/c1-2-14-8-5-15-4-7(8)3-13-6-9(10,11)12/h7-8,13-14H,2-6H2,1H3. The second kappa shape index (κ2) is 5.67. The first-order valence-corrected chi connectivity index (χ1v) is 5.11. The minimum atomic E-state index is -4.13. The highest BCUT2D eigenvalue weighted by Crippen LogP contribution is 2.15. The number of likely N-dealkylation sites (N-methyl/N-ethyl adjacent to an activating group) is 1. The molecular formula is C9H17F3N2O. The second-order valence-corrected chi connectivity index (χ2v) is 3.71. The van der Waals surface area contributed by atoms with Gasteiger partial charge >= 0.3 is 6.18 Å². The van der Waals surface area contributed by atoms with E-state index in [1.54, 1.807) is 0 Å². The van der Waals surface area contributed by atoms with Gasteiger partial charge in [-0.1, -0.05) is 6.92 Å². The summed E-state index contributed by atoms with van der Waals surface area (Å²) in [6.07, 6.45) is -4.13. The monoisotopic (exact) mass is 226 g/mol. The first kappa shape index (κ1) is 12.7. The Labute approximate surface area is 87.4 Å². The van der Waals surface area contributed by atoms with Crippen LogP contribution in [-0.4, -0.2) is 45.1 Å². The highest BCUT2D eigenvalue weighted by molar-refractivity contribution is 4.82. The average molecular weight is 226 g/mol. The van der Waals surface area contributed by atoms with E-state index in [0.717, 1.165) is 6.54 Å². The average Bonchev–Trinajstić information content (AvgIpc) is 2.51. The maximum atomic E-state index is 11.9. The van der Waals surface area contributed by atoms with Crippen molar-refractivity contribution >= 4 is 0 Å². The molecule has 1 aliphatic heterocycles. The zero-order valence-corrected chi connectivity index (χ0v) is 8.73. The molecule has 0 amide bonds. The third kappa shape index (κ3) is 4.81. The van der Waals surface area contributed by atoms with Crippen LogP contribution in [0, 0.1) is 5.92 Å². The van der Waals surface area contributed by atoms with Gasteiger partial charge in [0, 0.05) is 18.5 Å². The van der Waals surface area contributed by atoms with E-state index in [9.17, 15) is 13.2 Å². The van der Waals surface area contributed by atoms with Gasteiger partial charge in [0.1, 0.15) is 0 Å². The fourth-order valence-electron chi connectivity index (χ4n) is 1.69. The molecule has 0 aliphatic carbocycles. The van der Waals surface area contributed by atoms with Gasteiger partial charge in [-0.2, -0.15) is 13.2 Å². The van der Waals surface area contributed by atoms with Crippen molar-refractivity contribution < 1.29 is 17.9 Å². The largest absolute Gasteiger partial charge is 0.401 e. The molecule has 6 heteroatoms. The van der Waals surface area contributed by atoms with Gasteiger partial charge in [0.2, 0.25) is 0 Å². The molecule has 0 aromatic heterocycles. The molecular weight excluding hydrogens is 209 g/mol. The van der Waals surface area contributed by atoms with E-state index in [1.165, 1.54) is 0 Å². The number of rotatable bonds is 5. The van der Waals surface area contributed by atoms with Gasteiger partial charge in [0.15, 0.2) is 0 Å². The zero-order valence-electron chi connectivity index (χ0n) is 8.73. The minimum Gasteiger partial charge on any atom is -0.379 e. The maximum Gasteiger partial charge on any atom is 0.401 e. The summed E-state index contributed by atoms with van der Waals surface area (Å²) in [5, 5.41) is 5.61. The number of alkyl halides is 3. The Balaban J connectivity index is 2.20. The molecule has 2 N–H and O–H groups in total. The quantitative estimate of drug-likeness (QED) is 0.726. The highest BCUT2D eigenvalue weighted by atomic mass is 19.4. The van der Waals surface area contributed by atoms with Crippen LogP contribution in [0.2, 0.25) is 0 Å². The Morgan fingerprint density at radius 3 is 2.67 bits per heavy atom. The molecule has 90 valence electrons. The van der Waals surface area contributed by atoms with E-state index in [-0.39, 0.29) is 12.0 Å². The van der Waals surface area contributed by atoms with Crippen LogP contribution < -0.4 is 10.6 Å². The van der Waals surface area contributed by atoms with Crippen molar-refractivity contribution in [2.24, 2.45) is 5.92 Å². The topological polar surface area (TPSA) is 33.3 Å². The van der Waals surface area contributed by atoms with Gasteiger partial charge < -0.3 is 15.4 Å². The lowest BCUT2D eigenvalue weighted by Gasteiger charge is -2.19. The van der Waals surface area contributed by atoms with E-state index in [2.05, 4.69) is 10.6 Å². The number of nitrogens with one attached hydrogen (secondary N) is 2. The highest BCUT2D eigenvalue weighted by Gasteiger charge is 2.30. The molecule has 1 saturated heterocycles. The molecule has 0 aromatic carbocycles. The van der Waals surface area contributed by atoms with Crippen molar-refractivity contribution in [2.75, 3.05) is 32.8 Å². The molecule has 0 radical (unpaired) electrons. The van der Waals surface area contributed by atoms with Crippen molar-refractivity contribution in [3.8, 4) is 0 Å². The molecule has 0 bridgehead atoms. The number of ether oxygens (including phenoxy) is 1. The Morgan fingerprint density at radius 2 is 2.07 bits per heavy atom. The first-order chi connectivity index (χ1) is 7.03. The molecule has 3 nitrogen and oxygen atoms in total. The molecule has 15 heavy (non-hydrogen) atoms. The van der Waals surface area contributed by atoms with Crippen LogP contribution in [0.4, 0.5) is 13.2 Å². The van der Waals surface area contributed by atoms with Crippen molar-refractivity contribution in [3.63, 3.8) is 0 Å².